The van der Waals surface area contributed by atoms with Crippen molar-refractivity contribution in [3.05, 3.63) is 83.9 Å². The van der Waals surface area contributed by atoms with E-state index in [0.717, 1.165) is 6.54 Å². The molecule has 0 aromatic heterocycles. The van der Waals surface area contributed by atoms with Gasteiger partial charge in [-0.25, -0.2) is 12.1 Å². The second-order valence-corrected chi connectivity index (χ2v) is 5.57. The molecule has 0 fully saturated rings. The van der Waals surface area contributed by atoms with Gasteiger partial charge < -0.3 is 4.90 Å². The van der Waals surface area contributed by atoms with Gasteiger partial charge in [0.1, 0.15) is 0 Å². The van der Waals surface area contributed by atoms with Crippen molar-refractivity contribution in [1.29, 1.82) is 0 Å². The van der Waals surface area contributed by atoms with E-state index in [2.05, 4.69) is 68.4 Å². The molecule has 0 radical (unpaired) electrons. The average molecular weight is 333 g/mol. The Labute approximate surface area is 144 Å². The molecular formula is C20H23FeN. The van der Waals surface area contributed by atoms with Crippen LogP contribution in [0.5, 0.6) is 0 Å². The molecule has 3 aromatic carbocycles. The first kappa shape index (κ1) is 18.4. The van der Waals surface area contributed by atoms with Gasteiger partial charge in [-0.3, -0.25) is 0 Å². The minimum absolute atomic E-state index is 0. The van der Waals surface area contributed by atoms with Crippen LogP contribution in [0, 0.1) is 6.92 Å². The van der Waals surface area contributed by atoms with Crippen molar-refractivity contribution in [3.63, 3.8) is 0 Å². The standard InChI is InChI=1S/C15H18N.C5H5.Fe/c1-12-4-7-14(8-5-12)15-9-6-13(10-15)11-16(2)3;1-2-4-5-3-1;/h4-10H,11H2,1-3H3;1-5H;/q2*-1;+2. The van der Waals surface area contributed by atoms with Gasteiger partial charge in [-0.1, -0.05) is 23.3 Å². The van der Waals surface area contributed by atoms with Crippen molar-refractivity contribution in [3.8, 4) is 11.1 Å². The Balaban J connectivity index is 0.000000344. The van der Waals surface area contributed by atoms with Gasteiger partial charge in [-0.15, -0.1) is 41.5 Å². The van der Waals surface area contributed by atoms with Crippen LogP contribution < -0.4 is 0 Å². The Morgan fingerprint density at radius 3 is 2.14 bits per heavy atom. The Bertz CT molecular complexity index is 601. The molecule has 3 rings (SSSR count). The zero-order valence-corrected chi connectivity index (χ0v) is 14.5. The molecule has 0 saturated carbocycles. The van der Waals surface area contributed by atoms with Crippen LogP contribution in [0.2, 0.25) is 0 Å². The molecule has 0 spiro atoms. The SMILES string of the molecule is Cc1ccc(-[c-]2ccc(CN(C)C)c2)cc1.[Fe+2].c1cc[cH-]c1. The second kappa shape index (κ2) is 9.42. The van der Waals surface area contributed by atoms with Crippen LogP contribution >= 0.6 is 0 Å². The molecule has 0 aliphatic rings. The summed E-state index contributed by atoms with van der Waals surface area (Å²) in [5.74, 6) is 0. The third kappa shape index (κ3) is 6.03. The van der Waals surface area contributed by atoms with Crippen LogP contribution in [0.4, 0.5) is 0 Å². The van der Waals surface area contributed by atoms with E-state index in [1.165, 1.54) is 22.3 Å². The van der Waals surface area contributed by atoms with Gasteiger partial charge in [0.15, 0.2) is 0 Å². The molecular weight excluding hydrogens is 310 g/mol. The number of hydrogen-bond donors (Lipinski definition) is 0. The first-order valence-corrected chi connectivity index (χ1v) is 7.29. The van der Waals surface area contributed by atoms with E-state index in [1.807, 2.05) is 30.3 Å². The Hall–Kier alpha value is -1.60. The molecule has 1 nitrogen and oxygen atoms in total. The van der Waals surface area contributed by atoms with Crippen molar-refractivity contribution < 1.29 is 17.1 Å². The van der Waals surface area contributed by atoms with Gasteiger partial charge in [0.2, 0.25) is 0 Å². The number of rotatable bonds is 3. The van der Waals surface area contributed by atoms with Gasteiger partial charge in [-0.05, 0) is 27.6 Å². The summed E-state index contributed by atoms with van der Waals surface area (Å²) in [6.45, 7) is 3.12. The van der Waals surface area contributed by atoms with E-state index in [9.17, 15) is 0 Å². The van der Waals surface area contributed by atoms with Crippen LogP contribution in [0.1, 0.15) is 11.1 Å². The Morgan fingerprint density at radius 1 is 1.00 bits per heavy atom. The summed E-state index contributed by atoms with van der Waals surface area (Å²) in [5, 5.41) is 0. The molecule has 0 aliphatic carbocycles. The summed E-state index contributed by atoms with van der Waals surface area (Å²) < 4.78 is 0. The molecule has 0 heterocycles. The smallest absolute Gasteiger partial charge is 0.313 e. The fourth-order valence-corrected chi connectivity index (χ4v) is 2.20. The van der Waals surface area contributed by atoms with Crippen LogP contribution in [-0.4, -0.2) is 19.0 Å². The van der Waals surface area contributed by atoms with E-state index < -0.39 is 0 Å². The predicted octanol–water partition coefficient (Wildman–Crippen LogP) is 4.85. The number of nitrogens with zero attached hydrogens (tertiary/aromatic N) is 1. The monoisotopic (exact) mass is 333 g/mol. The summed E-state index contributed by atoms with van der Waals surface area (Å²) >= 11 is 0. The van der Waals surface area contributed by atoms with E-state index in [4.69, 9.17) is 0 Å². The minimum atomic E-state index is 0. The topological polar surface area (TPSA) is 3.24 Å². The van der Waals surface area contributed by atoms with Gasteiger partial charge in [0.25, 0.3) is 0 Å². The third-order valence-electron chi connectivity index (χ3n) is 3.26. The molecule has 22 heavy (non-hydrogen) atoms. The molecule has 3 aromatic rings. The van der Waals surface area contributed by atoms with Crippen molar-refractivity contribution in [2.75, 3.05) is 14.1 Å². The summed E-state index contributed by atoms with van der Waals surface area (Å²) in [7, 11) is 4.19. The zero-order chi connectivity index (χ0) is 15.1. The fourth-order valence-electron chi connectivity index (χ4n) is 2.20. The molecule has 0 aliphatic heterocycles. The summed E-state index contributed by atoms with van der Waals surface area (Å²) in [6.07, 6.45) is 0. The molecule has 0 bridgehead atoms. The van der Waals surface area contributed by atoms with E-state index in [0.29, 0.717) is 0 Å². The first-order chi connectivity index (χ1) is 10.1. The van der Waals surface area contributed by atoms with Crippen molar-refractivity contribution in [2.45, 2.75) is 13.5 Å². The normalized spacial score (nSPS) is 9.82. The third-order valence-corrected chi connectivity index (χ3v) is 3.26. The average Bonchev–Trinajstić information content (AvgIpc) is 3.12. The van der Waals surface area contributed by atoms with E-state index in [1.54, 1.807) is 0 Å². The van der Waals surface area contributed by atoms with Crippen LogP contribution in [0.3, 0.4) is 0 Å². The maximum absolute atomic E-state index is 2.27. The molecule has 2 heteroatoms. The van der Waals surface area contributed by atoms with Gasteiger partial charge in [-0.2, -0.15) is 18.2 Å². The summed E-state index contributed by atoms with van der Waals surface area (Å²) in [5.41, 5.74) is 5.30. The molecule has 0 saturated heterocycles. The van der Waals surface area contributed by atoms with E-state index >= 15 is 0 Å². The van der Waals surface area contributed by atoms with Crippen LogP contribution in [-0.2, 0) is 23.6 Å². The number of aryl methyl sites for hydroxylation is 1. The van der Waals surface area contributed by atoms with Crippen molar-refractivity contribution >= 4 is 0 Å². The maximum atomic E-state index is 2.27. The summed E-state index contributed by atoms with van der Waals surface area (Å²) in [4.78, 5) is 2.19. The van der Waals surface area contributed by atoms with Crippen molar-refractivity contribution in [1.82, 2.24) is 4.90 Å². The quantitative estimate of drug-likeness (QED) is 0.489. The molecule has 0 amide bonds. The van der Waals surface area contributed by atoms with Crippen molar-refractivity contribution in [2.24, 2.45) is 0 Å². The number of benzene rings is 1. The van der Waals surface area contributed by atoms with E-state index in [-0.39, 0.29) is 17.1 Å². The Morgan fingerprint density at radius 2 is 1.64 bits per heavy atom. The van der Waals surface area contributed by atoms with Gasteiger partial charge in [0.05, 0.1) is 0 Å². The van der Waals surface area contributed by atoms with Crippen LogP contribution in [0.15, 0.2) is 72.8 Å². The fraction of sp³-hybridized carbons (Fsp3) is 0.200. The maximum Gasteiger partial charge on any atom is 2.00 e. The number of hydrogen-bond acceptors (Lipinski definition) is 1. The minimum Gasteiger partial charge on any atom is -0.313 e. The largest absolute Gasteiger partial charge is 2.00 e. The summed E-state index contributed by atoms with van der Waals surface area (Å²) in [6, 6.07) is 25.4. The molecule has 116 valence electrons. The predicted molar refractivity (Wildman–Crippen MR) is 91.6 cm³/mol. The van der Waals surface area contributed by atoms with Gasteiger partial charge in [0, 0.05) is 0 Å². The molecule has 0 N–H and O–H groups in total. The second-order valence-electron chi connectivity index (χ2n) is 5.57. The molecule has 0 atom stereocenters. The first-order valence-electron chi connectivity index (χ1n) is 7.29. The zero-order valence-electron chi connectivity index (χ0n) is 13.4. The van der Waals surface area contributed by atoms with Gasteiger partial charge >= 0.3 is 17.1 Å². The van der Waals surface area contributed by atoms with Crippen LogP contribution in [0.25, 0.3) is 11.1 Å². The Kier molecular flexibility index (Phi) is 7.90. The molecule has 0 unspecified atom stereocenters.